The fourth-order valence-corrected chi connectivity index (χ4v) is 4.47. The molecule has 0 aliphatic heterocycles. The number of esters is 1. The average molecular weight is 630 g/mol. The van der Waals surface area contributed by atoms with Gasteiger partial charge in [-0.1, -0.05) is 41.9 Å². The van der Waals surface area contributed by atoms with Crippen molar-refractivity contribution in [2.75, 3.05) is 18.5 Å². The SMILES string of the molecule is CCOC(=O)CCCNC(=O)c1ccc(NC(=O)[C@H](Cc2ccccc2)NC(=O)/C=C/c2cc(Cl)ccc2-n2cnnn2)cc1. The molecular formula is C32H32ClN7O5. The Bertz CT molecular complexity index is 1630. The molecule has 3 amide bonds. The van der Waals surface area contributed by atoms with E-state index < -0.39 is 17.9 Å². The van der Waals surface area contributed by atoms with Gasteiger partial charge in [-0.3, -0.25) is 19.2 Å². The highest BCUT2D eigenvalue weighted by Crippen LogP contribution is 2.20. The predicted molar refractivity (Wildman–Crippen MR) is 169 cm³/mol. The zero-order valence-electron chi connectivity index (χ0n) is 24.5. The molecule has 3 N–H and O–H groups in total. The van der Waals surface area contributed by atoms with Crippen LogP contribution >= 0.6 is 11.6 Å². The maximum absolute atomic E-state index is 13.4. The van der Waals surface area contributed by atoms with E-state index in [1.54, 1.807) is 55.5 Å². The van der Waals surface area contributed by atoms with Crippen LogP contribution in [0.4, 0.5) is 5.69 Å². The van der Waals surface area contributed by atoms with E-state index in [9.17, 15) is 19.2 Å². The lowest BCUT2D eigenvalue weighted by Crippen LogP contribution is -2.44. The Kier molecular flexibility index (Phi) is 11.9. The second-order valence-corrected chi connectivity index (χ2v) is 10.2. The summed E-state index contributed by atoms with van der Waals surface area (Å²) in [5.74, 6) is -1.54. The van der Waals surface area contributed by atoms with Gasteiger partial charge < -0.3 is 20.7 Å². The molecule has 4 aromatic rings. The number of ether oxygens (including phenoxy) is 1. The minimum atomic E-state index is -0.912. The minimum absolute atomic E-state index is 0.220. The van der Waals surface area contributed by atoms with Crippen LogP contribution in [0.1, 0.15) is 41.3 Å². The van der Waals surface area contributed by atoms with E-state index in [-0.39, 0.29) is 24.7 Å². The summed E-state index contributed by atoms with van der Waals surface area (Å²) in [7, 11) is 0. The van der Waals surface area contributed by atoms with Gasteiger partial charge in [-0.05, 0) is 77.9 Å². The van der Waals surface area contributed by atoms with Gasteiger partial charge in [0.05, 0.1) is 12.3 Å². The minimum Gasteiger partial charge on any atom is -0.466 e. The fourth-order valence-electron chi connectivity index (χ4n) is 4.29. The van der Waals surface area contributed by atoms with Gasteiger partial charge in [0.15, 0.2) is 0 Å². The highest BCUT2D eigenvalue weighted by molar-refractivity contribution is 6.30. The third kappa shape index (κ3) is 10.1. The van der Waals surface area contributed by atoms with E-state index in [0.29, 0.717) is 47.1 Å². The number of halogens is 1. The van der Waals surface area contributed by atoms with E-state index in [4.69, 9.17) is 16.3 Å². The van der Waals surface area contributed by atoms with Gasteiger partial charge in [-0.15, -0.1) is 5.10 Å². The largest absolute Gasteiger partial charge is 0.466 e. The highest BCUT2D eigenvalue weighted by Gasteiger charge is 2.21. The summed E-state index contributed by atoms with van der Waals surface area (Å²) in [5.41, 5.74) is 2.91. The van der Waals surface area contributed by atoms with Crippen molar-refractivity contribution in [1.82, 2.24) is 30.8 Å². The quantitative estimate of drug-likeness (QED) is 0.108. The van der Waals surface area contributed by atoms with Crippen molar-refractivity contribution < 1.29 is 23.9 Å². The van der Waals surface area contributed by atoms with Crippen molar-refractivity contribution in [3.05, 3.63) is 107 Å². The van der Waals surface area contributed by atoms with Crippen LogP contribution in [0.15, 0.2) is 85.2 Å². The first-order valence-electron chi connectivity index (χ1n) is 14.2. The Hall–Kier alpha value is -5.36. The zero-order chi connectivity index (χ0) is 32.0. The molecule has 45 heavy (non-hydrogen) atoms. The molecule has 0 aliphatic carbocycles. The zero-order valence-corrected chi connectivity index (χ0v) is 25.2. The lowest BCUT2D eigenvalue weighted by Gasteiger charge is -2.18. The van der Waals surface area contributed by atoms with Crippen molar-refractivity contribution >= 4 is 47.1 Å². The van der Waals surface area contributed by atoms with Gasteiger partial charge >= 0.3 is 5.97 Å². The van der Waals surface area contributed by atoms with Crippen molar-refractivity contribution in [2.24, 2.45) is 0 Å². The lowest BCUT2D eigenvalue weighted by atomic mass is 10.0. The van der Waals surface area contributed by atoms with Crippen molar-refractivity contribution in [1.29, 1.82) is 0 Å². The fraction of sp³-hybridized carbons (Fsp3) is 0.219. The molecule has 4 rings (SSSR count). The number of carbonyl (C=O) groups excluding carboxylic acids is 4. The van der Waals surface area contributed by atoms with Crippen molar-refractivity contribution in [2.45, 2.75) is 32.2 Å². The molecule has 0 radical (unpaired) electrons. The maximum atomic E-state index is 13.4. The molecule has 232 valence electrons. The summed E-state index contributed by atoms with van der Waals surface area (Å²) in [6.07, 6.45) is 5.22. The van der Waals surface area contributed by atoms with Crippen LogP contribution in [0.25, 0.3) is 11.8 Å². The van der Waals surface area contributed by atoms with Crippen LogP contribution in [-0.4, -0.2) is 63.1 Å². The molecule has 1 atom stereocenters. The molecule has 0 spiro atoms. The maximum Gasteiger partial charge on any atom is 0.305 e. The Morgan fingerprint density at radius 1 is 1.02 bits per heavy atom. The Labute approximate surface area is 264 Å². The van der Waals surface area contributed by atoms with E-state index in [2.05, 4.69) is 31.5 Å². The molecule has 1 heterocycles. The van der Waals surface area contributed by atoms with E-state index >= 15 is 0 Å². The first kappa shape index (κ1) is 32.6. The normalized spacial score (nSPS) is 11.5. The number of carbonyl (C=O) groups is 4. The van der Waals surface area contributed by atoms with Crippen LogP contribution in [0.2, 0.25) is 5.02 Å². The number of anilines is 1. The molecule has 0 fully saturated rings. The van der Waals surface area contributed by atoms with E-state index in [1.807, 2.05) is 30.3 Å². The third-order valence-corrected chi connectivity index (χ3v) is 6.71. The summed E-state index contributed by atoms with van der Waals surface area (Å²) in [5, 5.41) is 20.0. The monoisotopic (exact) mass is 629 g/mol. The number of nitrogens with one attached hydrogen (secondary N) is 3. The van der Waals surface area contributed by atoms with Crippen LogP contribution < -0.4 is 16.0 Å². The summed E-state index contributed by atoms with van der Waals surface area (Å²) >= 11 is 6.18. The van der Waals surface area contributed by atoms with Crippen LogP contribution in [0.5, 0.6) is 0 Å². The van der Waals surface area contributed by atoms with Gasteiger partial charge in [-0.25, -0.2) is 0 Å². The number of nitrogens with zero attached hydrogens (tertiary/aromatic N) is 4. The number of aromatic nitrogens is 4. The van der Waals surface area contributed by atoms with E-state index in [0.717, 1.165) is 5.56 Å². The molecule has 12 nitrogen and oxygen atoms in total. The number of rotatable bonds is 14. The molecular weight excluding hydrogens is 598 g/mol. The molecule has 0 saturated carbocycles. The Balaban J connectivity index is 1.40. The Morgan fingerprint density at radius 2 is 1.80 bits per heavy atom. The van der Waals surface area contributed by atoms with Crippen LogP contribution in [0, 0.1) is 0 Å². The topological polar surface area (TPSA) is 157 Å². The molecule has 0 aliphatic rings. The second kappa shape index (κ2) is 16.5. The van der Waals surface area contributed by atoms with Crippen LogP contribution in [-0.2, 0) is 25.5 Å². The van der Waals surface area contributed by atoms with E-state index in [1.165, 1.54) is 17.1 Å². The molecule has 0 saturated heterocycles. The Morgan fingerprint density at radius 3 is 2.51 bits per heavy atom. The van der Waals surface area contributed by atoms with Crippen molar-refractivity contribution in [3.63, 3.8) is 0 Å². The lowest BCUT2D eigenvalue weighted by molar-refractivity contribution is -0.143. The van der Waals surface area contributed by atoms with Gasteiger partial charge in [0.2, 0.25) is 11.8 Å². The highest BCUT2D eigenvalue weighted by atomic mass is 35.5. The molecule has 13 heteroatoms. The summed E-state index contributed by atoms with van der Waals surface area (Å²) in [4.78, 5) is 50.3. The first-order chi connectivity index (χ1) is 21.8. The standard InChI is InChI=1S/C32H32ClN7O5/c1-2-45-30(42)9-6-18-34-31(43)23-10-14-26(15-11-23)36-32(44)27(19-22-7-4-3-5-8-22)37-29(41)17-12-24-20-25(33)13-16-28(24)40-21-35-38-39-40/h3-5,7-8,10-17,20-21,27H,2,6,9,18-19H2,1H3,(H,34,43)(H,36,44)(H,37,41)/b17-12+/t27-/m0/s1. The average Bonchev–Trinajstić information content (AvgIpc) is 3.58. The molecule has 0 bridgehead atoms. The van der Waals surface area contributed by atoms with Gasteiger partial charge in [0.1, 0.15) is 12.4 Å². The third-order valence-electron chi connectivity index (χ3n) is 6.48. The number of amides is 3. The summed E-state index contributed by atoms with van der Waals surface area (Å²) in [6.45, 7) is 2.38. The van der Waals surface area contributed by atoms with Crippen LogP contribution in [0.3, 0.4) is 0 Å². The summed E-state index contributed by atoms with van der Waals surface area (Å²) in [6, 6.07) is 19.8. The second-order valence-electron chi connectivity index (χ2n) is 9.77. The van der Waals surface area contributed by atoms with Gasteiger partial charge in [0.25, 0.3) is 5.91 Å². The smallest absolute Gasteiger partial charge is 0.305 e. The van der Waals surface area contributed by atoms with Crippen molar-refractivity contribution in [3.8, 4) is 5.69 Å². The first-order valence-corrected chi connectivity index (χ1v) is 14.6. The van der Waals surface area contributed by atoms with Gasteiger partial charge in [0, 0.05) is 47.3 Å². The number of benzene rings is 3. The predicted octanol–water partition coefficient (Wildman–Crippen LogP) is 3.77. The number of hydrogen-bond donors (Lipinski definition) is 3. The number of tetrazole rings is 1. The van der Waals surface area contributed by atoms with Gasteiger partial charge in [-0.2, -0.15) is 4.68 Å². The molecule has 1 aromatic heterocycles. The molecule has 0 unspecified atom stereocenters. The number of hydrogen-bond acceptors (Lipinski definition) is 8. The summed E-state index contributed by atoms with van der Waals surface area (Å²) < 4.78 is 6.32. The molecule has 3 aromatic carbocycles.